The van der Waals surface area contributed by atoms with Crippen molar-refractivity contribution in [1.29, 1.82) is 0 Å². The van der Waals surface area contributed by atoms with Crippen molar-refractivity contribution in [2.75, 3.05) is 6.54 Å². The highest BCUT2D eigenvalue weighted by molar-refractivity contribution is 4.81. The molecule has 0 fully saturated rings. The first-order valence-corrected chi connectivity index (χ1v) is 9.87. The van der Waals surface area contributed by atoms with Gasteiger partial charge in [-0.1, -0.05) is 76.0 Å². The van der Waals surface area contributed by atoms with E-state index in [9.17, 15) is 0 Å². The Morgan fingerprint density at radius 2 is 0.864 bits per heavy atom. The van der Waals surface area contributed by atoms with Gasteiger partial charge in [-0.05, 0) is 51.5 Å². The van der Waals surface area contributed by atoms with Crippen molar-refractivity contribution >= 4 is 0 Å². The van der Waals surface area contributed by atoms with Crippen LogP contribution in [0.1, 0.15) is 103 Å². The molecule has 0 aliphatic heterocycles. The van der Waals surface area contributed by atoms with E-state index in [1.165, 1.54) is 103 Å². The van der Waals surface area contributed by atoms with Crippen LogP contribution in [0.4, 0.5) is 0 Å². The van der Waals surface area contributed by atoms with Gasteiger partial charge in [0.25, 0.3) is 0 Å². The van der Waals surface area contributed by atoms with E-state index in [1.807, 2.05) is 6.08 Å². The molecular weight excluding hydrogens is 266 g/mol. The van der Waals surface area contributed by atoms with Gasteiger partial charge in [0.05, 0.1) is 0 Å². The van der Waals surface area contributed by atoms with Gasteiger partial charge < -0.3 is 5.73 Å². The summed E-state index contributed by atoms with van der Waals surface area (Å²) >= 11 is 0. The van der Waals surface area contributed by atoms with Gasteiger partial charge in [0, 0.05) is 0 Å². The van der Waals surface area contributed by atoms with Crippen LogP contribution in [-0.2, 0) is 0 Å². The van der Waals surface area contributed by atoms with E-state index >= 15 is 0 Å². The zero-order chi connectivity index (χ0) is 16.1. The molecule has 0 aliphatic rings. The van der Waals surface area contributed by atoms with E-state index in [2.05, 4.69) is 18.7 Å². The van der Waals surface area contributed by atoms with Crippen molar-refractivity contribution in [2.45, 2.75) is 103 Å². The van der Waals surface area contributed by atoms with Crippen LogP contribution in [-0.4, -0.2) is 6.54 Å². The van der Waals surface area contributed by atoms with E-state index in [1.54, 1.807) is 0 Å². The Hall–Kier alpha value is -0.560. The second-order valence-electron chi connectivity index (χ2n) is 6.51. The molecule has 0 amide bonds. The van der Waals surface area contributed by atoms with Crippen LogP contribution in [0, 0.1) is 0 Å². The molecule has 0 aliphatic carbocycles. The zero-order valence-corrected chi connectivity index (χ0v) is 15.0. The fourth-order valence-electron chi connectivity index (χ4n) is 2.78. The van der Waals surface area contributed by atoms with Gasteiger partial charge in [-0.15, -0.1) is 6.58 Å². The molecule has 2 N–H and O–H groups in total. The highest BCUT2D eigenvalue weighted by atomic mass is 14.5. The van der Waals surface area contributed by atoms with Crippen LogP contribution >= 0.6 is 0 Å². The highest BCUT2D eigenvalue weighted by Crippen LogP contribution is 2.11. The molecule has 0 saturated carbocycles. The average molecular weight is 308 g/mol. The minimum Gasteiger partial charge on any atom is -0.330 e. The summed E-state index contributed by atoms with van der Waals surface area (Å²) in [7, 11) is 0. The number of unbranched alkanes of at least 4 members (excludes halogenated alkanes) is 14. The van der Waals surface area contributed by atoms with Gasteiger partial charge >= 0.3 is 0 Å². The summed E-state index contributed by atoms with van der Waals surface area (Å²) in [6.07, 6.45) is 28.4. The molecule has 22 heavy (non-hydrogen) atoms. The van der Waals surface area contributed by atoms with Crippen LogP contribution in [0.15, 0.2) is 24.8 Å². The summed E-state index contributed by atoms with van der Waals surface area (Å²) in [6, 6.07) is 0. The minimum absolute atomic E-state index is 0.859. The first kappa shape index (κ1) is 21.4. The second kappa shape index (κ2) is 20.4. The van der Waals surface area contributed by atoms with Gasteiger partial charge in [-0.3, -0.25) is 0 Å². The third kappa shape index (κ3) is 19.4. The Morgan fingerprint density at radius 1 is 0.500 bits per heavy atom. The summed E-state index contributed by atoms with van der Waals surface area (Å²) < 4.78 is 0. The Balaban J connectivity index is 3.04. The van der Waals surface area contributed by atoms with Gasteiger partial charge in [0.15, 0.2) is 0 Å². The quantitative estimate of drug-likeness (QED) is 0.216. The summed E-state index contributed by atoms with van der Waals surface area (Å²) in [4.78, 5) is 0. The largest absolute Gasteiger partial charge is 0.330 e. The van der Waals surface area contributed by atoms with Gasteiger partial charge in [-0.2, -0.15) is 0 Å². The molecule has 0 aromatic carbocycles. The number of allylic oxidation sites excluding steroid dienone is 3. The Labute approximate surface area is 140 Å². The van der Waals surface area contributed by atoms with Crippen molar-refractivity contribution in [2.24, 2.45) is 5.73 Å². The van der Waals surface area contributed by atoms with Crippen molar-refractivity contribution < 1.29 is 0 Å². The third-order valence-electron chi connectivity index (χ3n) is 4.27. The predicted octanol–water partition coefficient (Wildman–Crippen LogP) is 6.93. The molecule has 0 spiro atoms. The molecule has 0 radical (unpaired) electrons. The minimum atomic E-state index is 0.859. The topological polar surface area (TPSA) is 26.0 Å². The van der Waals surface area contributed by atoms with E-state index in [0.29, 0.717) is 0 Å². The molecular formula is C21H41N. The number of hydrogen-bond donors (Lipinski definition) is 1. The Bertz CT molecular complexity index is 232. The first-order chi connectivity index (χ1) is 10.9. The second-order valence-corrected chi connectivity index (χ2v) is 6.51. The molecule has 0 aromatic heterocycles. The molecule has 0 heterocycles. The van der Waals surface area contributed by atoms with Crippen LogP contribution in [0.3, 0.4) is 0 Å². The van der Waals surface area contributed by atoms with Crippen molar-refractivity contribution in [3.63, 3.8) is 0 Å². The summed E-state index contributed by atoms with van der Waals surface area (Å²) in [5, 5.41) is 0. The molecule has 130 valence electrons. The van der Waals surface area contributed by atoms with E-state index in [4.69, 9.17) is 5.73 Å². The molecule has 0 aromatic rings. The van der Waals surface area contributed by atoms with Crippen molar-refractivity contribution in [3.05, 3.63) is 24.8 Å². The maximum atomic E-state index is 5.49. The molecule has 1 nitrogen and oxygen atoms in total. The van der Waals surface area contributed by atoms with Crippen LogP contribution < -0.4 is 5.73 Å². The number of rotatable bonds is 18. The predicted molar refractivity (Wildman–Crippen MR) is 102 cm³/mol. The SMILES string of the molecule is C=CCCCCCCCCC/C=C\CCCCCCCCN. The highest BCUT2D eigenvalue weighted by Gasteiger charge is 1.91. The molecule has 0 rings (SSSR count). The molecule has 0 unspecified atom stereocenters. The number of hydrogen-bond acceptors (Lipinski definition) is 1. The molecule has 0 bridgehead atoms. The zero-order valence-electron chi connectivity index (χ0n) is 15.0. The average Bonchev–Trinajstić information content (AvgIpc) is 2.54. The maximum absolute atomic E-state index is 5.49. The van der Waals surface area contributed by atoms with Crippen LogP contribution in [0.25, 0.3) is 0 Å². The van der Waals surface area contributed by atoms with Crippen molar-refractivity contribution in [1.82, 2.24) is 0 Å². The summed E-state index contributed by atoms with van der Waals surface area (Å²) in [5.74, 6) is 0. The lowest BCUT2D eigenvalue weighted by Gasteiger charge is -2.00. The monoisotopic (exact) mass is 307 g/mol. The van der Waals surface area contributed by atoms with E-state index < -0.39 is 0 Å². The Kier molecular flexibility index (Phi) is 19.9. The lowest BCUT2D eigenvalue weighted by Crippen LogP contribution is -1.97. The van der Waals surface area contributed by atoms with Gasteiger partial charge in [0.2, 0.25) is 0 Å². The van der Waals surface area contributed by atoms with Gasteiger partial charge in [0.1, 0.15) is 0 Å². The fraction of sp³-hybridized carbons (Fsp3) is 0.810. The summed E-state index contributed by atoms with van der Waals surface area (Å²) in [6.45, 7) is 4.62. The molecule has 1 heteroatoms. The lowest BCUT2D eigenvalue weighted by atomic mass is 10.1. The van der Waals surface area contributed by atoms with Crippen LogP contribution in [0.2, 0.25) is 0 Å². The fourth-order valence-corrected chi connectivity index (χ4v) is 2.78. The first-order valence-electron chi connectivity index (χ1n) is 9.87. The van der Waals surface area contributed by atoms with E-state index in [0.717, 1.165) is 6.54 Å². The van der Waals surface area contributed by atoms with Gasteiger partial charge in [-0.25, -0.2) is 0 Å². The Morgan fingerprint density at radius 3 is 1.27 bits per heavy atom. The maximum Gasteiger partial charge on any atom is -0.00773 e. The molecule has 0 atom stereocenters. The standard InChI is InChI=1S/C21H41N/c1-2-3-4-5-6-7-8-9-10-11-12-13-14-15-16-17-18-19-20-21-22/h2,12-13H,1,3-11,14-22H2/b13-12-. The van der Waals surface area contributed by atoms with Crippen molar-refractivity contribution in [3.8, 4) is 0 Å². The smallest absolute Gasteiger partial charge is 0.00773 e. The lowest BCUT2D eigenvalue weighted by molar-refractivity contribution is 0.583. The summed E-state index contributed by atoms with van der Waals surface area (Å²) in [5.41, 5.74) is 5.49. The van der Waals surface area contributed by atoms with Crippen LogP contribution in [0.5, 0.6) is 0 Å². The third-order valence-corrected chi connectivity index (χ3v) is 4.27. The normalized spacial score (nSPS) is 11.3. The van der Waals surface area contributed by atoms with E-state index in [-0.39, 0.29) is 0 Å². The molecule has 0 saturated heterocycles. The number of nitrogens with two attached hydrogens (primary N) is 1.